The Morgan fingerprint density at radius 3 is 2.89 bits per heavy atom. The second-order valence-corrected chi connectivity index (χ2v) is 8.33. The minimum Gasteiger partial charge on any atom is -0.393 e. The first-order chi connectivity index (χ1) is 8.49. The number of hydrogen-bond acceptors (Lipinski definition) is 4. The monoisotopic (exact) mass is 353 g/mol. The third kappa shape index (κ3) is 3.54. The molecule has 0 aromatic carbocycles. The maximum atomic E-state index is 12.0. The molecule has 2 atom stereocenters. The van der Waals surface area contributed by atoms with Crippen molar-refractivity contribution in [3.63, 3.8) is 0 Å². The first-order valence-electron chi connectivity index (χ1n) is 5.90. The molecule has 0 amide bonds. The van der Waals surface area contributed by atoms with Gasteiger partial charge in [0.25, 0.3) is 10.0 Å². The van der Waals surface area contributed by atoms with Crippen LogP contribution in [0.15, 0.2) is 20.1 Å². The van der Waals surface area contributed by atoms with E-state index in [1.165, 1.54) is 11.3 Å². The van der Waals surface area contributed by atoms with Crippen LogP contribution in [-0.4, -0.2) is 26.2 Å². The summed E-state index contributed by atoms with van der Waals surface area (Å²) in [4.78, 5) is 0. The first-order valence-corrected chi connectivity index (χ1v) is 9.05. The van der Waals surface area contributed by atoms with Crippen molar-refractivity contribution in [1.29, 1.82) is 0 Å². The zero-order valence-electron chi connectivity index (χ0n) is 9.80. The van der Waals surface area contributed by atoms with E-state index >= 15 is 0 Å². The average Bonchev–Trinajstić information content (AvgIpc) is 2.74. The summed E-state index contributed by atoms with van der Waals surface area (Å²) in [6.07, 6.45) is 3.19. The Morgan fingerprint density at radius 2 is 2.28 bits per heavy atom. The summed E-state index contributed by atoms with van der Waals surface area (Å²) in [7, 11) is -3.42. The second kappa shape index (κ2) is 6.00. The molecule has 4 nitrogen and oxygen atoms in total. The Kier molecular flexibility index (Phi) is 4.82. The number of sulfonamides is 1. The minimum atomic E-state index is -3.42. The van der Waals surface area contributed by atoms with Crippen LogP contribution in [0, 0.1) is 5.92 Å². The quantitative estimate of drug-likeness (QED) is 0.872. The Bertz CT molecular complexity index is 500. The molecular formula is C11H16BrNO3S2. The highest BCUT2D eigenvalue weighted by atomic mass is 79.9. The van der Waals surface area contributed by atoms with E-state index in [-0.39, 0.29) is 12.0 Å². The number of hydrogen-bond donors (Lipinski definition) is 2. The van der Waals surface area contributed by atoms with Crippen molar-refractivity contribution in [2.45, 2.75) is 36.0 Å². The van der Waals surface area contributed by atoms with Crippen LogP contribution >= 0.6 is 27.3 Å². The molecule has 1 aromatic rings. The van der Waals surface area contributed by atoms with E-state index in [0.29, 0.717) is 21.6 Å². The normalized spacial score (nSPS) is 25.2. The van der Waals surface area contributed by atoms with Crippen LogP contribution in [-0.2, 0) is 10.0 Å². The molecule has 1 fully saturated rings. The minimum absolute atomic E-state index is 0.238. The molecule has 102 valence electrons. The highest BCUT2D eigenvalue weighted by Crippen LogP contribution is 2.28. The van der Waals surface area contributed by atoms with Crippen LogP contribution in [0.25, 0.3) is 0 Å². The lowest BCUT2D eigenvalue weighted by Gasteiger charge is -2.25. The molecule has 0 spiro atoms. The summed E-state index contributed by atoms with van der Waals surface area (Å²) < 4.78 is 27.6. The SMILES string of the molecule is O=S(=O)(NCC1CCCC(O)C1)c1sccc1Br. The summed E-state index contributed by atoms with van der Waals surface area (Å²) in [6, 6.07) is 1.73. The van der Waals surface area contributed by atoms with E-state index < -0.39 is 10.0 Å². The van der Waals surface area contributed by atoms with Gasteiger partial charge in [-0.3, -0.25) is 0 Å². The fourth-order valence-corrected chi connectivity index (χ4v) is 5.71. The molecule has 2 unspecified atom stereocenters. The average molecular weight is 354 g/mol. The smallest absolute Gasteiger partial charge is 0.251 e. The highest BCUT2D eigenvalue weighted by Gasteiger charge is 2.24. The van der Waals surface area contributed by atoms with E-state index in [9.17, 15) is 13.5 Å². The van der Waals surface area contributed by atoms with Gasteiger partial charge >= 0.3 is 0 Å². The maximum absolute atomic E-state index is 12.0. The number of halogens is 1. The molecule has 0 radical (unpaired) electrons. The molecular weight excluding hydrogens is 338 g/mol. The predicted octanol–water partition coefficient (Wildman–Crippen LogP) is 2.34. The summed E-state index contributed by atoms with van der Waals surface area (Å²) >= 11 is 4.43. The van der Waals surface area contributed by atoms with E-state index in [2.05, 4.69) is 20.7 Å². The van der Waals surface area contributed by atoms with Gasteiger partial charge in [-0.15, -0.1) is 11.3 Å². The van der Waals surface area contributed by atoms with Crippen molar-refractivity contribution < 1.29 is 13.5 Å². The lowest BCUT2D eigenvalue weighted by Crippen LogP contribution is -2.32. The van der Waals surface area contributed by atoms with Crippen molar-refractivity contribution in [1.82, 2.24) is 4.72 Å². The van der Waals surface area contributed by atoms with Crippen molar-refractivity contribution in [3.05, 3.63) is 15.9 Å². The Morgan fingerprint density at radius 1 is 1.50 bits per heavy atom. The lowest BCUT2D eigenvalue weighted by atomic mass is 9.87. The molecule has 1 aromatic heterocycles. The number of aliphatic hydroxyl groups excluding tert-OH is 1. The van der Waals surface area contributed by atoms with Crippen LogP contribution < -0.4 is 4.72 Å². The number of aliphatic hydroxyl groups is 1. The molecule has 1 heterocycles. The Labute approximate surface area is 120 Å². The largest absolute Gasteiger partial charge is 0.393 e. The number of nitrogens with one attached hydrogen (secondary N) is 1. The van der Waals surface area contributed by atoms with E-state index in [1.54, 1.807) is 11.4 Å². The summed E-state index contributed by atoms with van der Waals surface area (Å²) in [5.74, 6) is 0.238. The molecule has 0 aliphatic heterocycles. The standard InChI is InChI=1S/C11H16BrNO3S2/c12-10-4-5-17-11(10)18(15,16)13-7-8-2-1-3-9(14)6-8/h4-5,8-9,13-14H,1-3,6-7H2. The van der Waals surface area contributed by atoms with E-state index in [1.807, 2.05) is 0 Å². The Balaban J connectivity index is 1.95. The molecule has 1 saturated carbocycles. The molecule has 18 heavy (non-hydrogen) atoms. The number of thiophene rings is 1. The predicted molar refractivity (Wildman–Crippen MR) is 75.2 cm³/mol. The molecule has 0 bridgehead atoms. The fraction of sp³-hybridized carbons (Fsp3) is 0.636. The van der Waals surface area contributed by atoms with Gasteiger partial charge in [0, 0.05) is 11.0 Å². The van der Waals surface area contributed by atoms with Crippen LogP contribution in [0.5, 0.6) is 0 Å². The number of rotatable bonds is 4. The molecule has 7 heteroatoms. The van der Waals surface area contributed by atoms with Gasteiger partial charge in [0.2, 0.25) is 0 Å². The van der Waals surface area contributed by atoms with Crippen molar-refractivity contribution in [3.8, 4) is 0 Å². The topological polar surface area (TPSA) is 66.4 Å². The van der Waals surface area contributed by atoms with Crippen molar-refractivity contribution in [2.75, 3.05) is 6.54 Å². The van der Waals surface area contributed by atoms with Crippen molar-refractivity contribution >= 4 is 37.3 Å². The second-order valence-electron chi connectivity index (χ2n) is 4.59. The summed E-state index contributed by atoms with van der Waals surface area (Å²) in [5, 5.41) is 11.3. The van der Waals surface area contributed by atoms with Gasteiger partial charge < -0.3 is 5.11 Å². The van der Waals surface area contributed by atoms with Gasteiger partial charge in [-0.05, 0) is 52.6 Å². The van der Waals surface area contributed by atoms with Gasteiger partial charge in [-0.1, -0.05) is 6.42 Å². The maximum Gasteiger partial charge on any atom is 0.251 e. The van der Waals surface area contributed by atoms with Gasteiger partial charge in [-0.25, -0.2) is 13.1 Å². The molecule has 1 aliphatic rings. The van der Waals surface area contributed by atoms with E-state index in [4.69, 9.17) is 0 Å². The zero-order chi connectivity index (χ0) is 13.2. The Hall–Kier alpha value is 0.0500. The summed E-state index contributed by atoms with van der Waals surface area (Å²) in [5.41, 5.74) is 0. The molecule has 1 aliphatic carbocycles. The van der Waals surface area contributed by atoms with Crippen LogP contribution in [0.1, 0.15) is 25.7 Å². The molecule has 2 rings (SSSR count). The van der Waals surface area contributed by atoms with Crippen LogP contribution in [0.2, 0.25) is 0 Å². The third-order valence-corrected chi connectivity index (χ3v) is 7.24. The lowest BCUT2D eigenvalue weighted by molar-refractivity contribution is 0.102. The fourth-order valence-electron chi connectivity index (χ4n) is 2.21. The first kappa shape index (κ1) is 14.5. The molecule has 2 N–H and O–H groups in total. The van der Waals surface area contributed by atoms with Crippen LogP contribution in [0.4, 0.5) is 0 Å². The van der Waals surface area contributed by atoms with Gasteiger partial charge in [-0.2, -0.15) is 0 Å². The highest BCUT2D eigenvalue weighted by molar-refractivity contribution is 9.10. The van der Waals surface area contributed by atoms with Gasteiger partial charge in [0.1, 0.15) is 4.21 Å². The zero-order valence-corrected chi connectivity index (χ0v) is 13.0. The third-order valence-electron chi connectivity index (χ3n) is 3.15. The molecule has 0 saturated heterocycles. The van der Waals surface area contributed by atoms with E-state index in [0.717, 1.165) is 19.3 Å². The van der Waals surface area contributed by atoms with Crippen LogP contribution in [0.3, 0.4) is 0 Å². The summed E-state index contributed by atoms with van der Waals surface area (Å²) in [6.45, 7) is 0.406. The van der Waals surface area contributed by atoms with Crippen molar-refractivity contribution in [2.24, 2.45) is 5.92 Å². The van der Waals surface area contributed by atoms with Gasteiger partial charge in [0.15, 0.2) is 0 Å². The van der Waals surface area contributed by atoms with Gasteiger partial charge in [0.05, 0.1) is 6.10 Å².